The van der Waals surface area contributed by atoms with E-state index in [1.54, 1.807) is 0 Å². The summed E-state index contributed by atoms with van der Waals surface area (Å²) >= 11 is 0. The Morgan fingerprint density at radius 1 is 0.411 bits per heavy atom. The van der Waals surface area contributed by atoms with Crippen molar-refractivity contribution >= 4 is 66.3 Å². The van der Waals surface area contributed by atoms with Crippen LogP contribution in [0.4, 0.5) is 22.7 Å². The molecule has 0 unspecified atom stereocenters. The Morgan fingerprint density at radius 3 is 1.55 bits per heavy atom. The van der Waals surface area contributed by atoms with E-state index in [4.69, 9.17) is 0 Å². The second-order valence-corrected chi connectivity index (χ2v) is 15.0. The van der Waals surface area contributed by atoms with E-state index in [1.165, 1.54) is 88.5 Å². The minimum Gasteiger partial charge on any atom is -0.311 e. The van der Waals surface area contributed by atoms with Crippen molar-refractivity contribution in [3.8, 4) is 11.1 Å². The maximum Gasteiger partial charge on any atom is 0.0618 e. The predicted molar refractivity (Wildman–Crippen MR) is 239 cm³/mol. The average Bonchev–Trinajstić information content (AvgIpc) is 3.27. The van der Waals surface area contributed by atoms with Gasteiger partial charge in [-0.25, -0.2) is 0 Å². The molecule has 0 bridgehead atoms. The first-order valence-electron chi connectivity index (χ1n) is 19.9. The Kier molecular flexibility index (Phi) is 7.81. The minimum atomic E-state index is 0.905. The molecule has 0 saturated carbocycles. The number of hydrogen-bond donors (Lipinski definition) is 0. The van der Waals surface area contributed by atoms with Crippen molar-refractivity contribution in [2.45, 2.75) is 25.7 Å². The summed E-state index contributed by atoms with van der Waals surface area (Å²) in [5, 5.41) is 7.71. The van der Waals surface area contributed by atoms with E-state index in [2.05, 4.69) is 204 Å². The molecule has 0 spiro atoms. The van der Waals surface area contributed by atoms with Gasteiger partial charge in [0.05, 0.1) is 11.4 Å². The van der Waals surface area contributed by atoms with E-state index in [-0.39, 0.29) is 0 Å². The largest absolute Gasteiger partial charge is 0.311 e. The monoisotopic (exact) mass is 716 g/mol. The highest BCUT2D eigenvalue weighted by Gasteiger charge is 2.30. The van der Waals surface area contributed by atoms with Crippen molar-refractivity contribution < 1.29 is 0 Å². The molecule has 0 aliphatic heterocycles. The number of anilines is 4. The van der Waals surface area contributed by atoms with Crippen molar-refractivity contribution in [1.29, 1.82) is 0 Å². The highest BCUT2D eigenvalue weighted by Crippen LogP contribution is 2.52. The average molecular weight is 717 g/mol. The third-order valence-corrected chi connectivity index (χ3v) is 11.9. The zero-order valence-corrected chi connectivity index (χ0v) is 31.2. The first kappa shape index (κ1) is 32.5. The fourth-order valence-corrected chi connectivity index (χ4v) is 9.49. The summed E-state index contributed by atoms with van der Waals surface area (Å²) in [5.74, 6) is 0. The molecule has 2 heteroatoms. The molecule has 11 rings (SSSR count). The van der Waals surface area contributed by atoms with E-state index in [1.807, 2.05) is 0 Å². The minimum absolute atomic E-state index is 0.905. The molecule has 0 fully saturated rings. The van der Waals surface area contributed by atoms with Gasteiger partial charge >= 0.3 is 0 Å². The van der Waals surface area contributed by atoms with Crippen LogP contribution in [0.15, 0.2) is 200 Å². The van der Waals surface area contributed by atoms with Gasteiger partial charge in [-0.2, -0.15) is 0 Å². The van der Waals surface area contributed by atoms with Crippen LogP contribution in [0, 0.1) is 0 Å². The number of rotatable bonds is 7. The summed E-state index contributed by atoms with van der Waals surface area (Å²) in [7, 11) is 0. The molecule has 0 radical (unpaired) electrons. The summed E-state index contributed by atoms with van der Waals surface area (Å²) in [4.78, 5) is 4.92. The number of hydrogen-bond acceptors (Lipinski definition) is 2. The number of benzene rings is 8. The third-order valence-electron chi connectivity index (χ3n) is 11.9. The van der Waals surface area contributed by atoms with Crippen LogP contribution in [0.25, 0.3) is 54.7 Å². The molecule has 0 N–H and O–H groups in total. The normalized spacial score (nSPS) is 14.4. The van der Waals surface area contributed by atoms with E-state index in [0.717, 1.165) is 37.1 Å². The maximum absolute atomic E-state index is 2.51. The number of fused-ring (bicyclic) bond motifs is 2. The van der Waals surface area contributed by atoms with Crippen LogP contribution in [0.1, 0.15) is 36.0 Å². The summed E-state index contributed by atoms with van der Waals surface area (Å²) < 4.78 is 0. The fourth-order valence-electron chi connectivity index (χ4n) is 9.49. The maximum atomic E-state index is 2.51. The predicted octanol–water partition coefficient (Wildman–Crippen LogP) is 14.7. The Morgan fingerprint density at radius 2 is 0.964 bits per heavy atom. The first-order chi connectivity index (χ1) is 27.8. The molecule has 3 aliphatic carbocycles. The SMILES string of the molecule is C1=CC(N(C2=CCC3=CCc4c(-c5c6ccccc6c(N(c6ccccc6)c6ccccc6)c6ccccc56)ccc5ccc2c3c45)c2ccccc2)=CCC1. The van der Waals surface area contributed by atoms with E-state index in [9.17, 15) is 0 Å². The molecule has 8 aromatic rings. The van der Waals surface area contributed by atoms with Crippen LogP contribution < -0.4 is 9.80 Å². The molecule has 3 aliphatic rings. The fraction of sp³-hybridized carbons (Fsp3) is 0.0741. The van der Waals surface area contributed by atoms with Gasteiger partial charge < -0.3 is 9.80 Å². The van der Waals surface area contributed by atoms with Crippen molar-refractivity contribution in [2.75, 3.05) is 9.80 Å². The molecule has 266 valence electrons. The molecule has 0 aromatic heterocycles. The van der Waals surface area contributed by atoms with Crippen LogP contribution in [-0.2, 0) is 6.42 Å². The van der Waals surface area contributed by atoms with Crippen LogP contribution in [0.3, 0.4) is 0 Å². The van der Waals surface area contributed by atoms with Crippen molar-refractivity contribution in [3.05, 3.63) is 217 Å². The lowest BCUT2D eigenvalue weighted by Gasteiger charge is -2.35. The molecule has 0 heterocycles. The zero-order chi connectivity index (χ0) is 37.0. The Hall–Kier alpha value is -6.90. The van der Waals surface area contributed by atoms with Gasteiger partial charge in [-0.15, -0.1) is 0 Å². The highest BCUT2D eigenvalue weighted by molar-refractivity contribution is 6.23. The molecule has 56 heavy (non-hydrogen) atoms. The lowest BCUT2D eigenvalue weighted by molar-refractivity contribution is 0.997. The Bertz CT molecular complexity index is 2850. The number of para-hydroxylation sites is 3. The van der Waals surface area contributed by atoms with Gasteiger partial charge in [-0.05, 0) is 118 Å². The molecule has 0 atom stereocenters. The topological polar surface area (TPSA) is 6.48 Å². The highest BCUT2D eigenvalue weighted by atomic mass is 15.2. The van der Waals surface area contributed by atoms with Crippen LogP contribution in [0.2, 0.25) is 0 Å². The molecule has 2 nitrogen and oxygen atoms in total. The van der Waals surface area contributed by atoms with Gasteiger partial charge in [0.2, 0.25) is 0 Å². The number of allylic oxidation sites excluding steroid dienone is 6. The van der Waals surface area contributed by atoms with Gasteiger partial charge in [0.15, 0.2) is 0 Å². The second kappa shape index (κ2) is 13.4. The summed E-state index contributed by atoms with van der Waals surface area (Å²) in [5.41, 5.74) is 15.4. The van der Waals surface area contributed by atoms with E-state index >= 15 is 0 Å². The lowest BCUT2D eigenvalue weighted by atomic mass is 9.77. The van der Waals surface area contributed by atoms with Gasteiger partial charge in [-0.3, -0.25) is 0 Å². The van der Waals surface area contributed by atoms with Crippen molar-refractivity contribution in [2.24, 2.45) is 0 Å². The van der Waals surface area contributed by atoms with Crippen molar-refractivity contribution in [3.63, 3.8) is 0 Å². The third kappa shape index (κ3) is 5.17. The molecular formula is C54H40N2. The van der Waals surface area contributed by atoms with Crippen LogP contribution in [0.5, 0.6) is 0 Å². The standard InChI is InChI=1S/C54H40N2/c1-5-17-39(18-6-1)55(40-19-7-2-8-20-40)50-36-32-38-29-33-45-46(34-30-37-31-35-49(50)52(38)51(37)45)53-43-25-13-15-27-47(43)54(48-28-16-14-26-44(48)53)56(41-21-9-3-10-22-41)42-23-11-4-12-24-42/h1,3-7,9-31,34-36H,2,8,32-33H2. The summed E-state index contributed by atoms with van der Waals surface area (Å²) in [6.45, 7) is 0. The van der Waals surface area contributed by atoms with Gasteiger partial charge in [0.1, 0.15) is 0 Å². The summed E-state index contributed by atoms with van der Waals surface area (Å²) in [6, 6.07) is 60.1. The number of nitrogens with zero attached hydrogens (tertiary/aromatic N) is 2. The van der Waals surface area contributed by atoms with Crippen molar-refractivity contribution in [1.82, 2.24) is 0 Å². The first-order valence-corrected chi connectivity index (χ1v) is 19.9. The Balaban J connectivity index is 1.17. The Labute approximate surface area is 328 Å². The molecular weight excluding hydrogens is 677 g/mol. The second-order valence-electron chi connectivity index (χ2n) is 15.0. The van der Waals surface area contributed by atoms with Gasteiger partial charge in [0.25, 0.3) is 0 Å². The molecule has 8 aromatic carbocycles. The van der Waals surface area contributed by atoms with Crippen LogP contribution in [-0.4, -0.2) is 0 Å². The van der Waals surface area contributed by atoms with Gasteiger partial charge in [0, 0.05) is 39.1 Å². The lowest BCUT2D eigenvalue weighted by Crippen LogP contribution is -2.23. The van der Waals surface area contributed by atoms with Gasteiger partial charge in [-0.1, -0.05) is 152 Å². The van der Waals surface area contributed by atoms with E-state index in [0.29, 0.717) is 0 Å². The smallest absolute Gasteiger partial charge is 0.0618 e. The van der Waals surface area contributed by atoms with E-state index < -0.39 is 0 Å². The molecule has 0 saturated heterocycles. The van der Waals surface area contributed by atoms with Crippen LogP contribution >= 0.6 is 0 Å². The summed E-state index contributed by atoms with van der Waals surface area (Å²) in [6.07, 6.45) is 15.9. The zero-order valence-electron chi connectivity index (χ0n) is 31.2. The quantitative estimate of drug-likeness (QED) is 0.152. The molecule has 0 amide bonds.